The summed E-state index contributed by atoms with van der Waals surface area (Å²) < 4.78 is 26.0. The van der Waals surface area contributed by atoms with Crippen molar-refractivity contribution in [1.29, 1.82) is 0 Å². The number of nitrogens with zero attached hydrogens (tertiary/aromatic N) is 1. The molecule has 0 spiro atoms. The van der Waals surface area contributed by atoms with E-state index in [0.717, 1.165) is 25.7 Å². The largest absolute Gasteiger partial charge is 0.312 e. The first kappa shape index (κ1) is 13.4. The SMILES string of the molecule is CN1CCCC(NCCc2cc(F)cc(F)c2)C1. The van der Waals surface area contributed by atoms with Crippen LogP contribution < -0.4 is 5.32 Å². The van der Waals surface area contributed by atoms with E-state index in [9.17, 15) is 8.78 Å². The molecule has 1 aromatic rings. The number of hydrogen-bond donors (Lipinski definition) is 1. The third-order valence-corrected chi connectivity index (χ3v) is 3.39. The minimum absolute atomic E-state index is 0.498. The molecule has 18 heavy (non-hydrogen) atoms. The van der Waals surface area contributed by atoms with E-state index in [1.165, 1.54) is 25.0 Å². The predicted octanol–water partition coefficient (Wildman–Crippen LogP) is 2.19. The average Bonchev–Trinajstić information content (AvgIpc) is 2.27. The molecule has 2 rings (SSSR count). The second-order valence-corrected chi connectivity index (χ2v) is 5.08. The van der Waals surface area contributed by atoms with Gasteiger partial charge in [-0.2, -0.15) is 0 Å². The fourth-order valence-electron chi connectivity index (χ4n) is 2.51. The van der Waals surface area contributed by atoms with E-state index in [4.69, 9.17) is 0 Å². The van der Waals surface area contributed by atoms with Crippen LogP contribution in [0.2, 0.25) is 0 Å². The van der Waals surface area contributed by atoms with Crippen LogP contribution in [-0.2, 0) is 6.42 Å². The minimum Gasteiger partial charge on any atom is -0.312 e. The number of piperidine rings is 1. The molecule has 1 aliphatic rings. The molecule has 1 aliphatic heterocycles. The van der Waals surface area contributed by atoms with Crippen LogP contribution in [0.5, 0.6) is 0 Å². The predicted molar refractivity (Wildman–Crippen MR) is 68.6 cm³/mol. The summed E-state index contributed by atoms with van der Waals surface area (Å²) in [6.07, 6.45) is 3.06. The van der Waals surface area contributed by atoms with Crippen molar-refractivity contribution in [2.45, 2.75) is 25.3 Å². The van der Waals surface area contributed by atoms with E-state index in [0.29, 0.717) is 18.0 Å². The number of likely N-dealkylation sites (N-methyl/N-ethyl adjacent to an activating group) is 1. The maximum absolute atomic E-state index is 13.0. The van der Waals surface area contributed by atoms with Gasteiger partial charge in [-0.15, -0.1) is 0 Å². The van der Waals surface area contributed by atoms with Gasteiger partial charge in [0.2, 0.25) is 0 Å². The summed E-state index contributed by atoms with van der Waals surface area (Å²) in [4.78, 5) is 2.31. The van der Waals surface area contributed by atoms with Gasteiger partial charge in [-0.25, -0.2) is 8.78 Å². The summed E-state index contributed by atoms with van der Waals surface area (Å²) in [6, 6.07) is 4.21. The smallest absolute Gasteiger partial charge is 0.126 e. The Morgan fingerprint density at radius 1 is 1.28 bits per heavy atom. The normalized spacial score (nSPS) is 21.2. The lowest BCUT2D eigenvalue weighted by Gasteiger charge is -2.30. The van der Waals surface area contributed by atoms with Crippen LogP contribution in [0.1, 0.15) is 18.4 Å². The topological polar surface area (TPSA) is 15.3 Å². The number of nitrogens with one attached hydrogen (secondary N) is 1. The van der Waals surface area contributed by atoms with Crippen molar-refractivity contribution < 1.29 is 8.78 Å². The van der Waals surface area contributed by atoms with Crippen LogP contribution in [-0.4, -0.2) is 37.6 Å². The third-order valence-electron chi connectivity index (χ3n) is 3.39. The lowest BCUT2D eigenvalue weighted by molar-refractivity contribution is 0.228. The Bertz CT molecular complexity index is 375. The Hall–Kier alpha value is -1.00. The summed E-state index contributed by atoms with van der Waals surface area (Å²) >= 11 is 0. The first-order valence-electron chi connectivity index (χ1n) is 6.50. The van der Waals surface area contributed by atoms with Gasteiger partial charge in [0.15, 0.2) is 0 Å². The van der Waals surface area contributed by atoms with Crippen LogP contribution in [0.4, 0.5) is 8.78 Å². The quantitative estimate of drug-likeness (QED) is 0.886. The van der Waals surface area contributed by atoms with Crippen molar-refractivity contribution in [1.82, 2.24) is 10.2 Å². The Morgan fingerprint density at radius 3 is 2.67 bits per heavy atom. The highest BCUT2D eigenvalue weighted by atomic mass is 19.1. The van der Waals surface area contributed by atoms with Crippen LogP contribution in [0, 0.1) is 11.6 Å². The van der Waals surface area contributed by atoms with Gasteiger partial charge < -0.3 is 10.2 Å². The molecule has 0 bridgehead atoms. The first-order valence-corrected chi connectivity index (χ1v) is 6.50. The lowest BCUT2D eigenvalue weighted by atomic mass is 10.1. The fourth-order valence-corrected chi connectivity index (χ4v) is 2.51. The van der Waals surface area contributed by atoms with Gasteiger partial charge >= 0.3 is 0 Å². The van der Waals surface area contributed by atoms with Crippen molar-refractivity contribution in [2.24, 2.45) is 0 Å². The van der Waals surface area contributed by atoms with Gasteiger partial charge in [0.1, 0.15) is 11.6 Å². The maximum atomic E-state index is 13.0. The van der Waals surface area contributed by atoms with E-state index in [1.54, 1.807) is 0 Å². The van der Waals surface area contributed by atoms with Gasteiger partial charge in [0, 0.05) is 18.7 Å². The van der Waals surface area contributed by atoms with Gasteiger partial charge in [-0.05, 0) is 57.1 Å². The summed E-state index contributed by atoms with van der Waals surface area (Å²) in [7, 11) is 2.12. The van der Waals surface area contributed by atoms with Gasteiger partial charge in [0.25, 0.3) is 0 Å². The van der Waals surface area contributed by atoms with Gasteiger partial charge in [-0.1, -0.05) is 0 Å². The van der Waals surface area contributed by atoms with E-state index in [2.05, 4.69) is 17.3 Å². The minimum atomic E-state index is -0.498. The second kappa shape index (κ2) is 6.25. The van der Waals surface area contributed by atoms with Crippen LogP contribution >= 0.6 is 0 Å². The molecule has 0 aliphatic carbocycles. The molecule has 1 aromatic carbocycles. The van der Waals surface area contributed by atoms with E-state index < -0.39 is 11.6 Å². The third kappa shape index (κ3) is 4.03. The van der Waals surface area contributed by atoms with Crippen molar-refractivity contribution >= 4 is 0 Å². The molecule has 1 heterocycles. The Kier molecular flexibility index (Phi) is 4.66. The molecule has 4 heteroatoms. The number of halogens is 2. The second-order valence-electron chi connectivity index (χ2n) is 5.08. The molecule has 100 valence electrons. The lowest BCUT2D eigenvalue weighted by Crippen LogP contribution is -2.44. The van der Waals surface area contributed by atoms with Crippen molar-refractivity contribution in [3.8, 4) is 0 Å². The molecule has 2 nitrogen and oxygen atoms in total. The Morgan fingerprint density at radius 2 is 2.00 bits per heavy atom. The molecular formula is C14H20F2N2. The monoisotopic (exact) mass is 254 g/mol. The van der Waals surface area contributed by atoms with Crippen molar-refractivity contribution in [2.75, 3.05) is 26.7 Å². The molecule has 1 saturated heterocycles. The molecule has 1 atom stereocenters. The zero-order valence-corrected chi connectivity index (χ0v) is 10.8. The number of benzene rings is 1. The van der Waals surface area contributed by atoms with Gasteiger partial charge in [0.05, 0.1) is 0 Å². The van der Waals surface area contributed by atoms with Crippen LogP contribution in [0.3, 0.4) is 0 Å². The summed E-state index contributed by atoms with van der Waals surface area (Å²) in [5, 5.41) is 3.45. The Labute approximate surface area is 107 Å². The van der Waals surface area contributed by atoms with Crippen molar-refractivity contribution in [3.63, 3.8) is 0 Å². The average molecular weight is 254 g/mol. The number of rotatable bonds is 4. The molecule has 1 N–H and O–H groups in total. The molecule has 0 saturated carbocycles. The highest BCUT2D eigenvalue weighted by Gasteiger charge is 2.15. The molecular weight excluding hydrogens is 234 g/mol. The van der Waals surface area contributed by atoms with E-state index in [-0.39, 0.29) is 0 Å². The van der Waals surface area contributed by atoms with E-state index >= 15 is 0 Å². The molecule has 0 aromatic heterocycles. The molecule has 1 fully saturated rings. The van der Waals surface area contributed by atoms with Gasteiger partial charge in [-0.3, -0.25) is 0 Å². The summed E-state index contributed by atoms with van der Waals surface area (Å²) in [5.41, 5.74) is 0.712. The molecule has 1 unspecified atom stereocenters. The standard InChI is InChI=1S/C14H20F2N2/c1-18-6-2-3-14(10-18)17-5-4-11-7-12(15)9-13(16)8-11/h7-9,14,17H,2-6,10H2,1H3. The molecule has 0 amide bonds. The Balaban J connectivity index is 1.77. The maximum Gasteiger partial charge on any atom is 0.126 e. The fraction of sp³-hybridized carbons (Fsp3) is 0.571. The molecule has 0 radical (unpaired) electrons. The van der Waals surface area contributed by atoms with Crippen LogP contribution in [0.15, 0.2) is 18.2 Å². The summed E-state index contributed by atoms with van der Waals surface area (Å²) in [5.74, 6) is -0.996. The number of likely N-dealkylation sites (tertiary alicyclic amines) is 1. The first-order chi connectivity index (χ1) is 8.63. The summed E-state index contributed by atoms with van der Waals surface area (Å²) in [6.45, 7) is 2.98. The zero-order valence-electron chi connectivity index (χ0n) is 10.8. The highest BCUT2D eigenvalue weighted by Crippen LogP contribution is 2.10. The van der Waals surface area contributed by atoms with Crippen LogP contribution in [0.25, 0.3) is 0 Å². The van der Waals surface area contributed by atoms with Crippen molar-refractivity contribution in [3.05, 3.63) is 35.4 Å². The number of hydrogen-bond acceptors (Lipinski definition) is 2. The highest BCUT2D eigenvalue weighted by molar-refractivity contribution is 5.18. The zero-order chi connectivity index (χ0) is 13.0. The van der Waals surface area contributed by atoms with E-state index in [1.807, 2.05) is 0 Å².